The first-order valence-corrected chi connectivity index (χ1v) is 8.55. The van der Waals surface area contributed by atoms with Gasteiger partial charge in [-0.1, -0.05) is 28.1 Å². The summed E-state index contributed by atoms with van der Waals surface area (Å²) in [4.78, 5) is 26.2. The molecule has 0 bridgehead atoms. The minimum Gasteiger partial charge on any atom is -0.341 e. The molecule has 1 amide bonds. The molecule has 1 saturated heterocycles. The van der Waals surface area contributed by atoms with Gasteiger partial charge >= 0.3 is 0 Å². The van der Waals surface area contributed by atoms with E-state index in [0.29, 0.717) is 5.69 Å². The zero-order valence-electron chi connectivity index (χ0n) is 12.7. The van der Waals surface area contributed by atoms with Crippen LogP contribution in [0.3, 0.4) is 0 Å². The number of benzene rings is 1. The van der Waals surface area contributed by atoms with Gasteiger partial charge in [-0.25, -0.2) is 4.68 Å². The molecular weight excluding hydrogens is 358 g/mol. The predicted octanol–water partition coefficient (Wildman–Crippen LogP) is 2.69. The Hall–Kier alpha value is -1.95. The van der Waals surface area contributed by atoms with Crippen molar-refractivity contribution in [1.82, 2.24) is 14.7 Å². The summed E-state index contributed by atoms with van der Waals surface area (Å²) in [5.74, 6) is -0.0364. The van der Waals surface area contributed by atoms with Crippen LogP contribution >= 0.6 is 15.9 Å². The lowest BCUT2D eigenvalue weighted by atomic mass is 10.1. The third kappa shape index (κ3) is 3.88. The van der Waals surface area contributed by atoms with E-state index in [1.54, 1.807) is 6.07 Å². The summed E-state index contributed by atoms with van der Waals surface area (Å²) in [6.07, 6.45) is 3.23. The highest BCUT2D eigenvalue weighted by molar-refractivity contribution is 9.10. The van der Waals surface area contributed by atoms with Crippen LogP contribution in [0.15, 0.2) is 45.7 Å². The van der Waals surface area contributed by atoms with Crippen molar-refractivity contribution in [3.63, 3.8) is 0 Å². The Morgan fingerprint density at radius 1 is 1.13 bits per heavy atom. The van der Waals surface area contributed by atoms with Gasteiger partial charge < -0.3 is 4.90 Å². The molecule has 1 fully saturated rings. The number of carbonyl (C=O) groups excluding carboxylic acids is 1. The van der Waals surface area contributed by atoms with Gasteiger partial charge in [-0.2, -0.15) is 5.10 Å². The molecule has 1 aliphatic heterocycles. The zero-order valence-corrected chi connectivity index (χ0v) is 14.3. The van der Waals surface area contributed by atoms with E-state index in [1.807, 2.05) is 29.2 Å². The molecule has 6 heteroatoms. The van der Waals surface area contributed by atoms with Crippen molar-refractivity contribution in [2.45, 2.75) is 25.8 Å². The van der Waals surface area contributed by atoms with Gasteiger partial charge in [-0.15, -0.1) is 0 Å². The second kappa shape index (κ2) is 7.08. The number of hydrogen-bond acceptors (Lipinski definition) is 3. The predicted molar refractivity (Wildman–Crippen MR) is 92.1 cm³/mol. The molecule has 0 saturated carbocycles. The largest absolute Gasteiger partial charge is 0.341 e. The maximum Gasteiger partial charge on any atom is 0.267 e. The lowest BCUT2D eigenvalue weighted by Crippen LogP contribution is -2.40. The van der Waals surface area contributed by atoms with Crippen molar-refractivity contribution in [2.24, 2.45) is 0 Å². The molecule has 2 aromatic rings. The fraction of sp³-hybridized carbons (Fsp3) is 0.353. The molecule has 0 N–H and O–H groups in total. The number of halogens is 1. The number of piperidine rings is 1. The quantitative estimate of drug-likeness (QED) is 0.828. The third-order valence-electron chi connectivity index (χ3n) is 3.98. The molecule has 3 rings (SSSR count). The zero-order chi connectivity index (χ0) is 16.2. The number of amides is 1. The van der Waals surface area contributed by atoms with Crippen LogP contribution in [0.2, 0.25) is 0 Å². The second-order valence-electron chi connectivity index (χ2n) is 5.67. The molecule has 1 aromatic heterocycles. The van der Waals surface area contributed by atoms with E-state index in [4.69, 9.17) is 0 Å². The molecule has 0 radical (unpaired) electrons. The average Bonchev–Trinajstić information content (AvgIpc) is 2.57. The van der Waals surface area contributed by atoms with Crippen LogP contribution in [-0.4, -0.2) is 33.7 Å². The van der Waals surface area contributed by atoms with Gasteiger partial charge in [0.2, 0.25) is 5.91 Å². The molecule has 0 atom stereocenters. The van der Waals surface area contributed by atoms with Crippen LogP contribution < -0.4 is 5.56 Å². The topological polar surface area (TPSA) is 55.2 Å². The summed E-state index contributed by atoms with van der Waals surface area (Å²) >= 11 is 3.43. The van der Waals surface area contributed by atoms with Crippen LogP contribution in [-0.2, 0) is 11.3 Å². The van der Waals surface area contributed by atoms with E-state index >= 15 is 0 Å². The molecule has 2 heterocycles. The van der Waals surface area contributed by atoms with E-state index in [9.17, 15) is 9.59 Å². The number of aromatic nitrogens is 2. The highest BCUT2D eigenvalue weighted by atomic mass is 79.9. The van der Waals surface area contributed by atoms with Crippen LogP contribution in [0.4, 0.5) is 0 Å². The smallest absolute Gasteiger partial charge is 0.267 e. The summed E-state index contributed by atoms with van der Waals surface area (Å²) in [5.41, 5.74) is 1.32. The van der Waals surface area contributed by atoms with Gasteiger partial charge in [-0.3, -0.25) is 9.59 Å². The Kier molecular flexibility index (Phi) is 4.91. The van der Waals surface area contributed by atoms with E-state index in [0.717, 1.165) is 36.0 Å². The SMILES string of the molecule is O=C(Cn1nc(-c2cccc(Br)c2)ccc1=O)N1CCCCC1. The maximum absolute atomic E-state index is 12.3. The van der Waals surface area contributed by atoms with Crippen molar-refractivity contribution in [1.29, 1.82) is 0 Å². The number of hydrogen-bond donors (Lipinski definition) is 0. The van der Waals surface area contributed by atoms with Crippen molar-refractivity contribution < 1.29 is 4.79 Å². The fourth-order valence-corrected chi connectivity index (χ4v) is 3.13. The van der Waals surface area contributed by atoms with Gasteiger partial charge in [0.15, 0.2) is 0 Å². The van der Waals surface area contributed by atoms with Gasteiger partial charge in [0, 0.05) is 29.2 Å². The van der Waals surface area contributed by atoms with Crippen molar-refractivity contribution in [3.05, 3.63) is 51.2 Å². The fourth-order valence-electron chi connectivity index (χ4n) is 2.74. The van der Waals surface area contributed by atoms with Gasteiger partial charge in [0.25, 0.3) is 5.56 Å². The molecule has 23 heavy (non-hydrogen) atoms. The Bertz CT molecular complexity index is 766. The average molecular weight is 376 g/mol. The lowest BCUT2D eigenvalue weighted by molar-refractivity contribution is -0.133. The molecule has 120 valence electrons. The molecular formula is C17H18BrN3O2. The van der Waals surface area contributed by atoms with Crippen LogP contribution in [0.1, 0.15) is 19.3 Å². The standard InChI is InChI=1S/C17H18BrN3O2/c18-14-6-4-5-13(11-14)15-7-8-16(22)21(19-15)12-17(23)20-9-2-1-3-10-20/h4-8,11H,1-3,9-10,12H2. The van der Waals surface area contributed by atoms with Gasteiger partial charge in [-0.05, 0) is 37.5 Å². The summed E-state index contributed by atoms with van der Waals surface area (Å²) in [5, 5.41) is 4.35. The molecule has 1 aliphatic rings. The van der Waals surface area contributed by atoms with Crippen LogP contribution in [0.25, 0.3) is 11.3 Å². The molecule has 5 nitrogen and oxygen atoms in total. The van der Waals surface area contributed by atoms with Gasteiger partial charge in [0.1, 0.15) is 6.54 Å². The maximum atomic E-state index is 12.3. The summed E-state index contributed by atoms with van der Waals surface area (Å²) in [7, 11) is 0. The van der Waals surface area contributed by atoms with E-state index in [1.165, 1.54) is 17.2 Å². The molecule has 0 aliphatic carbocycles. The number of nitrogens with zero attached hydrogens (tertiary/aromatic N) is 3. The molecule has 1 aromatic carbocycles. The van der Waals surface area contributed by atoms with Crippen molar-refractivity contribution in [2.75, 3.05) is 13.1 Å². The van der Waals surface area contributed by atoms with Gasteiger partial charge in [0.05, 0.1) is 5.69 Å². The first-order valence-electron chi connectivity index (χ1n) is 7.75. The Morgan fingerprint density at radius 3 is 2.65 bits per heavy atom. The third-order valence-corrected chi connectivity index (χ3v) is 4.47. The Labute approximate surface area is 143 Å². The van der Waals surface area contributed by atoms with Crippen LogP contribution in [0, 0.1) is 0 Å². The normalized spacial score (nSPS) is 14.7. The Morgan fingerprint density at radius 2 is 1.91 bits per heavy atom. The Balaban J connectivity index is 1.83. The molecule has 0 unspecified atom stereocenters. The molecule has 0 spiro atoms. The van der Waals surface area contributed by atoms with Crippen molar-refractivity contribution >= 4 is 21.8 Å². The summed E-state index contributed by atoms with van der Waals surface area (Å²) < 4.78 is 2.20. The summed E-state index contributed by atoms with van der Waals surface area (Å²) in [6, 6.07) is 10.9. The second-order valence-corrected chi connectivity index (χ2v) is 6.58. The minimum absolute atomic E-state index is 0.000671. The monoisotopic (exact) mass is 375 g/mol. The number of likely N-dealkylation sites (tertiary alicyclic amines) is 1. The van der Waals surface area contributed by atoms with Crippen LogP contribution in [0.5, 0.6) is 0 Å². The van der Waals surface area contributed by atoms with E-state index in [2.05, 4.69) is 21.0 Å². The summed E-state index contributed by atoms with van der Waals surface area (Å²) in [6.45, 7) is 1.55. The number of carbonyl (C=O) groups is 1. The first kappa shape index (κ1) is 15.9. The number of rotatable bonds is 3. The highest BCUT2D eigenvalue weighted by Crippen LogP contribution is 2.20. The minimum atomic E-state index is -0.255. The highest BCUT2D eigenvalue weighted by Gasteiger charge is 2.17. The van der Waals surface area contributed by atoms with Crippen molar-refractivity contribution in [3.8, 4) is 11.3 Å². The van der Waals surface area contributed by atoms with E-state index in [-0.39, 0.29) is 18.0 Å². The lowest BCUT2D eigenvalue weighted by Gasteiger charge is -2.26. The van der Waals surface area contributed by atoms with E-state index < -0.39 is 0 Å². The first-order chi connectivity index (χ1) is 11.1.